The molecule has 5 nitrogen and oxygen atoms in total. The number of imide groups is 1. The summed E-state index contributed by atoms with van der Waals surface area (Å²) < 4.78 is 13.1. The van der Waals surface area contributed by atoms with Crippen molar-refractivity contribution in [2.75, 3.05) is 18.1 Å². The number of benzene rings is 1. The fraction of sp³-hybridized carbons (Fsp3) is 0.529. The predicted octanol–water partition coefficient (Wildman–Crippen LogP) is 1.69. The second kappa shape index (κ2) is 6.76. The van der Waals surface area contributed by atoms with E-state index in [0.29, 0.717) is 12.1 Å². The van der Waals surface area contributed by atoms with E-state index in [1.54, 1.807) is 0 Å². The zero-order valence-corrected chi connectivity index (χ0v) is 12.9. The largest absolute Gasteiger partial charge is 0.396 e. The molecule has 2 atom stereocenters. The van der Waals surface area contributed by atoms with Gasteiger partial charge in [0.05, 0.1) is 18.2 Å². The fourth-order valence-electron chi connectivity index (χ4n) is 3.63. The zero-order valence-electron chi connectivity index (χ0n) is 12.9. The van der Waals surface area contributed by atoms with Gasteiger partial charge in [-0.1, -0.05) is 6.42 Å². The van der Waals surface area contributed by atoms with E-state index in [-0.39, 0.29) is 30.9 Å². The summed E-state index contributed by atoms with van der Waals surface area (Å²) >= 11 is 0. The van der Waals surface area contributed by atoms with Crippen molar-refractivity contribution in [1.82, 2.24) is 4.90 Å². The number of hydrogen-bond acceptors (Lipinski definition) is 4. The number of aliphatic hydroxyl groups is 1. The molecule has 0 aliphatic carbocycles. The summed E-state index contributed by atoms with van der Waals surface area (Å²) in [7, 11) is 0. The first kappa shape index (κ1) is 16.1. The Bertz CT molecular complexity index is 588. The Hall–Kier alpha value is -1.79. The van der Waals surface area contributed by atoms with Crippen molar-refractivity contribution < 1.29 is 19.1 Å². The zero-order chi connectivity index (χ0) is 16.4. The van der Waals surface area contributed by atoms with Gasteiger partial charge in [-0.15, -0.1) is 0 Å². The first-order valence-corrected chi connectivity index (χ1v) is 8.11. The van der Waals surface area contributed by atoms with Crippen molar-refractivity contribution >= 4 is 17.5 Å². The van der Waals surface area contributed by atoms with Crippen molar-refractivity contribution in [3.63, 3.8) is 0 Å². The number of halogens is 1. The lowest BCUT2D eigenvalue weighted by Gasteiger charge is -2.38. The molecule has 2 saturated heterocycles. The van der Waals surface area contributed by atoms with Crippen molar-refractivity contribution in [1.29, 1.82) is 0 Å². The summed E-state index contributed by atoms with van der Waals surface area (Å²) in [5, 5.41) is 9.23. The number of amides is 2. The highest BCUT2D eigenvalue weighted by Crippen LogP contribution is 2.30. The number of hydrogen-bond donors (Lipinski definition) is 1. The Kier molecular flexibility index (Phi) is 4.73. The van der Waals surface area contributed by atoms with Crippen molar-refractivity contribution in [3.8, 4) is 0 Å². The van der Waals surface area contributed by atoms with E-state index < -0.39 is 11.9 Å². The summed E-state index contributed by atoms with van der Waals surface area (Å²) in [5.74, 6) is -0.894. The molecule has 1 aromatic carbocycles. The van der Waals surface area contributed by atoms with Crippen LogP contribution >= 0.6 is 0 Å². The predicted molar refractivity (Wildman–Crippen MR) is 83.3 cm³/mol. The van der Waals surface area contributed by atoms with Crippen LogP contribution in [0, 0.1) is 5.82 Å². The second-order valence-corrected chi connectivity index (χ2v) is 6.16. The standard InChI is InChI=1S/C17H21FN2O3/c18-12-4-6-14(7-5-12)20-16(22)11-15(17(20)23)19-9-2-1-3-13(19)8-10-21/h4-7,13,15,21H,1-3,8-11H2/t13-,15+/m1/s1. The third-order valence-corrected chi connectivity index (χ3v) is 4.74. The molecule has 0 bridgehead atoms. The molecule has 2 aliphatic rings. The summed E-state index contributed by atoms with van der Waals surface area (Å²) in [4.78, 5) is 28.3. The topological polar surface area (TPSA) is 60.9 Å². The van der Waals surface area contributed by atoms with Gasteiger partial charge >= 0.3 is 0 Å². The molecule has 2 heterocycles. The Morgan fingerprint density at radius 2 is 1.91 bits per heavy atom. The molecular weight excluding hydrogens is 299 g/mol. The van der Waals surface area contributed by atoms with Gasteiger partial charge in [-0.2, -0.15) is 0 Å². The van der Waals surface area contributed by atoms with Crippen LogP contribution < -0.4 is 4.90 Å². The molecule has 0 unspecified atom stereocenters. The maximum Gasteiger partial charge on any atom is 0.251 e. The summed E-state index contributed by atoms with van der Waals surface area (Å²) in [5.41, 5.74) is 0.416. The van der Waals surface area contributed by atoms with Crippen LogP contribution in [0.15, 0.2) is 24.3 Å². The van der Waals surface area contributed by atoms with Gasteiger partial charge in [-0.25, -0.2) is 9.29 Å². The van der Waals surface area contributed by atoms with E-state index in [1.807, 2.05) is 0 Å². The minimum atomic E-state index is -0.468. The molecule has 3 rings (SSSR count). The highest BCUT2D eigenvalue weighted by Gasteiger charge is 2.44. The molecule has 1 N–H and O–H groups in total. The number of likely N-dealkylation sites (tertiary alicyclic amines) is 1. The number of carbonyl (C=O) groups excluding carboxylic acids is 2. The Balaban J connectivity index is 1.81. The number of anilines is 1. The number of nitrogens with zero attached hydrogens (tertiary/aromatic N) is 2. The molecule has 1 aromatic rings. The fourth-order valence-corrected chi connectivity index (χ4v) is 3.63. The van der Waals surface area contributed by atoms with Crippen LogP contribution in [-0.2, 0) is 9.59 Å². The lowest BCUT2D eigenvalue weighted by atomic mass is 9.97. The van der Waals surface area contributed by atoms with Gasteiger partial charge in [0.25, 0.3) is 5.91 Å². The van der Waals surface area contributed by atoms with Crippen LogP contribution in [0.25, 0.3) is 0 Å². The Morgan fingerprint density at radius 3 is 2.61 bits per heavy atom. The van der Waals surface area contributed by atoms with Crippen LogP contribution in [0.5, 0.6) is 0 Å². The molecule has 0 spiro atoms. The lowest BCUT2D eigenvalue weighted by molar-refractivity contribution is -0.123. The van der Waals surface area contributed by atoms with Crippen molar-refractivity contribution in [2.24, 2.45) is 0 Å². The quantitative estimate of drug-likeness (QED) is 0.858. The molecule has 0 saturated carbocycles. The number of piperidine rings is 1. The van der Waals surface area contributed by atoms with Crippen LogP contribution in [-0.4, -0.2) is 47.1 Å². The first-order chi connectivity index (χ1) is 11.1. The van der Waals surface area contributed by atoms with Crippen LogP contribution in [0.4, 0.5) is 10.1 Å². The van der Waals surface area contributed by atoms with Crippen LogP contribution in [0.1, 0.15) is 32.1 Å². The SMILES string of the molecule is O=C1C[C@H](N2CCCC[C@@H]2CCO)C(=O)N1c1ccc(F)cc1. The highest BCUT2D eigenvalue weighted by molar-refractivity contribution is 6.22. The third-order valence-electron chi connectivity index (χ3n) is 4.74. The first-order valence-electron chi connectivity index (χ1n) is 8.11. The minimum absolute atomic E-state index is 0.0811. The van der Waals surface area contributed by atoms with Gasteiger partial charge in [0.2, 0.25) is 5.91 Å². The van der Waals surface area contributed by atoms with E-state index in [2.05, 4.69) is 4.90 Å². The number of rotatable bonds is 4. The molecular formula is C17H21FN2O3. The number of aliphatic hydroxyl groups excluding tert-OH is 1. The Labute approximate surface area is 134 Å². The van der Waals surface area contributed by atoms with Crippen LogP contribution in [0.2, 0.25) is 0 Å². The van der Waals surface area contributed by atoms with Crippen LogP contribution in [0.3, 0.4) is 0 Å². The molecule has 0 aromatic heterocycles. The molecule has 2 fully saturated rings. The average molecular weight is 320 g/mol. The van der Waals surface area contributed by atoms with E-state index in [9.17, 15) is 19.1 Å². The monoisotopic (exact) mass is 320 g/mol. The molecule has 124 valence electrons. The van der Waals surface area contributed by atoms with Crippen molar-refractivity contribution in [3.05, 3.63) is 30.1 Å². The van der Waals surface area contributed by atoms with Gasteiger partial charge in [0.15, 0.2) is 0 Å². The minimum Gasteiger partial charge on any atom is -0.396 e. The molecule has 2 aliphatic heterocycles. The smallest absolute Gasteiger partial charge is 0.251 e. The summed E-state index contributed by atoms with van der Waals surface area (Å²) in [6, 6.07) is 5.08. The van der Waals surface area contributed by atoms with Gasteiger partial charge in [-0.05, 0) is 50.1 Å². The van der Waals surface area contributed by atoms with Gasteiger partial charge in [0, 0.05) is 12.6 Å². The molecule has 0 radical (unpaired) electrons. The lowest BCUT2D eigenvalue weighted by Crippen LogP contribution is -2.50. The van der Waals surface area contributed by atoms with Gasteiger partial charge in [0.1, 0.15) is 5.82 Å². The highest BCUT2D eigenvalue weighted by atomic mass is 19.1. The van der Waals surface area contributed by atoms with E-state index in [0.717, 1.165) is 30.7 Å². The molecule has 23 heavy (non-hydrogen) atoms. The maximum absolute atomic E-state index is 13.1. The number of carbonyl (C=O) groups is 2. The summed E-state index contributed by atoms with van der Waals surface area (Å²) in [6.45, 7) is 0.851. The third kappa shape index (κ3) is 3.14. The van der Waals surface area contributed by atoms with E-state index in [4.69, 9.17) is 0 Å². The summed E-state index contributed by atoms with van der Waals surface area (Å²) in [6.07, 6.45) is 3.79. The van der Waals surface area contributed by atoms with Crippen molar-refractivity contribution in [2.45, 2.75) is 44.2 Å². The normalized spacial score (nSPS) is 26.1. The maximum atomic E-state index is 13.1. The average Bonchev–Trinajstić information content (AvgIpc) is 2.84. The molecule has 6 heteroatoms. The van der Waals surface area contributed by atoms with Gasteiger partial charge < -0.3 is 5.11 Å². The second-order valence-electron chi connectivity index (χ2n) is 6.16. The van der Waals surface area contributed by atoms with E-state index >= 15 is 0 Å². The van der Waals surface area contributed by atoms with Gasteiger partial charge in [-0.3, -0.25) is 14.5 Å². The Morgan fingerprint density at radius 1 is 1.17 bits per heavy atom. The van der Waals surface area contributed by atoms with E-state index in [1.165, 1.54) is 24.3 Å². The molecule has 2 amide bonds.